The van der Waals surface area contributed by atoms with Crippen molar-refractivity contribution in [1.82, 2.24) is 15.3 Å². The van der Waals surface area contributed by atoms with Gasteiger partial charge in [0.1, 0.15) is 10.6 Å². The van der Waals surface area contributed by atoms with Crippen molar-refractivity contribution in [2.45, 2.75) is 19.0 Å². The van der Waals surface area contributed by atoms with Crippen LogP contribution in [-0.2, 0) is 4.79 Å². The molecule has 7 heteroatoms. The topological polar surface area (TPSA) is 80.9 Å². The first kappa shape index (κ1) is 14.1. The summed E-state index contributed by atoms with van der Waals surface area (Å²) in [6.07, 6.45) is 0. The summed E-state index contributed by atoms with van der Waals surface area (Å²) in [4.78, 5) is 21.0. The van der Waals surface area contributed by atoms with Crippen LogP contribution in [0.4, 0.5) is 5.82 Å². The normalized spacial score (nSPS) is 11.1. The maximum Gasteiger partial charge on any atom is 0.230 e. The Hall–Kier alpha value is -1.34. The van der Waals surface area contributed by atoms with Gasteiger partial charge in [-0.15, -0.1) is 11.3 Å². The molecule has 0 spiro atoms. The van der Waals surface area contributed by atoms with E-state index in [9.17, 15) is 4.79 Å². The number of nitrogens with two attached hydrogens (primary N) is 1. The van der Waals surface area contributed by atoms with Crippen LogP contribution >= 0.6 is 23.1 Å². The summed E-state index contributed by atoms with van der Waals surface area (Å²) in [5.74, 6) is 1.22. The highest BCUT2D eigenvalue weighted by Gasteiger charge is 2.09. The Kier molecular flexibility index (Phi) is 4.60. The Morgan fingerprint density at radius 1 is 1.53 bits per heavy atom. The van der Waals surface area contributed by atoms with Crippen LogP contribution in [0.15, 0.2) is 16.6 Å². The van der Waals surface area contributed by atoms with Crippen molar-refractivity contribution < 1.29 is 4.79 Å². The van der Waals surface area contributed by atoms with Gasteiger partial charge in [0.05, 0.1) is 11.1 Å². The minimum Gasteiger partial charge on any atom is -0.383 e. The third-order valence-corrected chi connectivity index (χ3v) is 4.03. The molecule has 0 aliphatic carbocycles. The zero-order valence-corrected chi connectivity index (χ0v) is 12.5. The number of thioether (sulfide) groups is 1. The summed E-state index contributed by atoms with van der Waals surface area (Å²) in [5.41, 5.74) is 5.85. The van der Waals surface area contributed by atoms with Crippen LogP contribution in [0.25, 0.3) is 10.2 Å². The molecule has 0 bridgehead atoms. The van der Waals surface area contributed by atoms with Crippen molar-refractivity contribution in [3.05, 3.63) is 11.4 Å². The lowest BCUT2D eigenvalue weighted by molar-refractivity contribution is -0.118. The predicted octanol–water partition coefficient (Wildman–Crippen LogP) is 2.14. The number of carbonyl (C=O) groups excluding carboxylic acids is 1. The van der Waals surface area contributed by atoms with Crippen LogP contribution < -0.4 is 11.1 Å². The van der Waals surface area contributed by atoms with Gasteiger partial charge in [-0.1, -0.05) is 25.6 Å². The number of thiophene rings is 1. The minimum atomic E-state index is -0.00727. The molecule has 2 aromatic heterocycles. The van der Waals surface area contributed by atoms with E-state index in [1.165, 1.54) is 23.1 Å². The average molecular weight is 296 g/mol. The van der Waals surface area contributed by atoms with E-state index in [0.717, 1.165) is 10.2 Å². The third kappa shape index (κ3) is 3.81. The Bertz CT molecular complexity index is 582. The number of carbonyl (C=O) groups is 1. The van der Waals surface area contributed by atoms with Crippen molar-refractivity contribution in [3.63, 3.8) is 0 Å². The zero-order chi connectivity index (χ0) is 13.8. The standard InChI is InChI=1S/C12H16N4OS2/c1-7(2)5-14-9(17)6-19-12-15-10(13)8-3-4-18-11(8)16-12/h3-4,7H,5-6H2,1-2H3,(H,14,17)(H2,13,15,16). The number of anilines is 1. The van der Waals surface area contributed by atoms with E-state index in [0.29, 0.717) is 29.2 Å². The van der Waals surface area contributed by atoms with Gasteiger partial charge in [0.2, 0.25) is 5.91 Å². The predicted molar refractivity (Wildman–Crippen MR) is 80.4 cm³/mol. The van der Waals surface area contributed by atoms with Crippen molar-refractivity contribution in [1.29, 1.82) is 0 Å². The Morgan fingerprint density at radius 3 is 3.05 bits per heavy atom. The van der Waals surface area contributed by atoms with E-state index in [1.54, 1.807) is 0 Å². The van der Waals surface area contributed by atoms with Gasteiger partial charge in [-0.3, -0.25) is 4.79 Å². The fraction of sp³-hybridized carbons (Fsp3) is 0.417. The van der Waals surface area contributed by atoms with E-state index in [-0.39, 0.29) is 5.91 Å². The average Bonchev–Trinajstić information content (AvgIpc) is 2.82. The fourth-order valence-corrected chi connectivity index (χ4v) is 2.93. The first-order valence-corrected chi connectivity index (χ1v) is 7.83. The summed E-state index contributed by atoms with van der Waals surface area (Å²) in [6, 6.07) is 1.90. The minimum absolute atomic E-state index is 0.00727. The molecule has 102 valence electrons. The van der Waals surface area contributed by atoms with Gasteiger partial charge in [-0.25, -0.2) is 9.97 Å². The number of aromatic nitrogens is 2. The van der Waals surface area contributed by atoms with Crippen molar-refractivity contribution in [3.8, 4) is 0 Å². The summed E-state index contributed by atoms with van der Waals surface area (Å²) in [6.45, 7) is 4.80. The smallest absolute Gasteiger partial charge is 0.230 e. The first-order chi connectivity index (χ1) is 9.06. The van der Waals surface area contributed by atoms with Crippen molar-refractivity contribution >= 4 is 45.0 Å². The highest BCUT2D eigenvalue weighted by molar-refractivity contribution is 7.99. The third-order valence-electron chi connectivity index (χ3n) is 2.37. The monoisotopic (exact) mass is 296 g/mol. The molecule has 0 unspecified atom stereocenters. The first-order valence-electron chi connectivity index (χ1n) is 5.96. The van der Waals surface area contributed by atoms with Crippen LogP contribution in [0.5, 0.6) is 0 Å². The van der Waals surface area contributed by atoms with E-state index in [4.69, 9.17) is 5.73 Å². The van der Waals surface area contributed by atoms with Crippen LogP contribution in [0.2, 0.25) is 0 Å². The second kappa shape index (κ2) is 6.21. The number of hydrogen-bond donors (Lipinski definition) is 2. The van der Waals surface area contributed by atoms with E-state index in [2.05, 4.69) is 29.1 Å². The Balaban J connectivity index is 1.96. The van der Waals surface area contributed by atoms with Crippen LogP contribution in [0.3, 0.4) is 0 Å². The number of nitrogens with zero attached hydrogens (tertiary/aromatic N) is 2. The van der Waals surface area contributed by atoms with E-state index < -0.39 is 0 Å². The number of fused-ring (bicyclic) bond motifs is 1. The van der Waals surface area contributed by atoms with Crippen LogP contribution in [0, 0.1) is 5.92 Å². The zero-order valence-electron chi connectivity index (χ0n) is 10.8. The molecule has 0 aliphatic rings. The number of hydrogen-bond acceptors (Lipinski definition) is 6. The van der Waals surface area contributed by atoms with Crippen LogP contribution in [0.1, 0.15) is 13.8 Å². The quantitative estimate of drug-likeness (QED) is 0.652. The molecule has 19 heavy (non-hydrogen) atoms. The fourth-order valence-electron chi connectivity index (χ4n) is 1.42. The molecule has 0 saturated carbocycles. The highest BCUT2D eigenvalue weighted by atomic mass is 32.2. The summed E-state index contributed by atoms with van der Waals surface area (Å²) in [5, 5.41) is 6.21. The molecular weight excluding hydrogens is 280 g/mol. The van der Waals surface area contributed by atoms with E-state index >= 15 is 0 Å². The molecule has 2 rings (SSSR count). The molecule has 3 N–H and O–H groups in total. The number of nitrogens with one attached hydrogen (secondary N) is 1. The van der Waals surface area contributed by atoms with Gasteiger partial charge >= 0.3 is 0 Å². The SMILES string of the molecule is CC(C)CNC(=O)CSc1nc(N)c2ccsc2n1. The lowest BCUT2D eigenvalue weighted by Gasteiger charge is -2.07. The van der Waals surface area contributed by atoms with Gasteiger partial charge in [0, 0.05) is 6.54 Å². The number of amides is 1. The summed E-state index contributed by atoms with van der Waals surface area (Å²) < 4.78 is 0. The number of nitrogen functional groups attached to an aromatic ring is 1. The molecule has 0 saturated heterocycles. The second-order valence-corrected chi connectivity index (χ2v) is 6.35. The Labute approximate surface area is 120 Å². The van der Waals surface area contributed by atoms with Gasteiger partial charge in [0.15, 0.2) is 5.16 Å². The van der Waals surface area contributed by atoms with Gasteiger partial charge in [-0.2, -0.15) is 0 Å². The second-order valence-electron chi connectivity index (χ2n) is 4.52. The van der Waals surface area contributed by atoms with Crippen molar-refractivity contribution in [2.24, 2.45) is 5.92 Å². The molecule has 0 aromatic carbocycles. The summed E-state index contributed by atoms with van der Waals surface area (Å²) in [7, 11) is 0. The molecule has 5 nitrogen and oxygen atoms in total. The molecule has 2 aromatic rings. The largest absolute Gasteiger partial charge is 0.383 e. The molecule has 0 aliphatic heterocycles. The molecule has 0 fully saturated rings. The molecule has 0 atom stereocenters. The summed E-state index contributed by atoms with van der Waals surface area (Å²) >= 11 is 2.82. The van der Waals surface area contributed by atoms with E-state index in [1.807, 2.05) is 11.4 Å². The lowest BCUT2D eigenvalue weighted by atomic mass is 10.2. The van der Waals surface area contributed by atoms with Crippen molar-refractivity contribution in [2.75, 3.05) is 18.0 Å². The maximum atomic E-state index is 11.6. The van der Waals surface area contributed by atoms with Gasteiger partial charge in [0.25, 0.3) is 0 Å². The van der Waals surface area contributed by atoms with Gasteiger partial charge < -0.3 is 11.1 Å². The maximum absolute atomic E-state index is 11.6. The molecule has 0 radical (unpaired) electrons. The lowest BCUT2D eigenvalue weighted by Crippen LogP contribution is -2.28. The molecule has 2 heterocycles. The van der Waals surface area contributed by atoms with Crippen LogP contribution in [-0.4, -0.2) is 28.2 Å². The molecule has 1 amide bonds. The molecular formula is C12H16N4OS2. The Morgan fingerprint density at radius 2 is 2.32 bits per heavy atom. The van der Waals surface area contributed by atoms with Gasteiger partial charge in [-0.05, 0) is 17.4 Å². The number of rotatable bonds is 5. The highest BCUT2D eigenvalue weighted by Crippen LogP contribution is 2.26.